The van der Waals surface area contributed by atoms with Gasteiger partial charge in [-0.2, -0.15) is 0 Å². The molecule has 1 aliphatic heterocycles. The van der Waals surface area contributed by atoms with Crippen LogP contribution in [0.1, 0.15) is 12.8 Å². The number of hydrogen-bond acceptors (Lipinski definition) is 6. The topological polar surface area (TPSA) is 67.9 Å². The third kappa shape index (κ3) is 2.39. The number of aromatic nitrogens is 4. The van der Waals surface area contributed by atoms with Gasteiger partial charge in [0.05, 0.1) is 0 Å². The standard InChI is InChI=1S/C14H13N5OSe/c1-2-6-10(7-3-1)11-12(21-18-15-11)13-16-17-14(20-13)19-8-4-5-9-19/h1-3,6-7H,4-5,8-9H2. The maximum absolute atomic E-state index is 5.84. The second-order valence-corrected chi connectivity index (χ2v) is 6.48. The van der Waals surface area contributed by atoms with Crippen LogP contribution in [0.4, 0.5) is 6.01 Å². The summed E-state index contributed by atoms with van der Waals surface area (Å²) < 4.78 is 11.0. The van der Waals surface area contributed by atoms with Crippen LogP contribution in [-0.4, -0.2) is 47.2 Å². The van der Waals surface area contributed by atoms with E-state index < -0.39 is 0 Å². The van der Waals surface area contributed by atoms with E-state index in [9.17, 15) is 0 Å². The van der Waals surface area contributed by atoms with Crippen LogP contribution in [0.5, 0.6) is 0 Å². The fourth-order valence-electron chi connectivity index (χ4n) is 2.46. The van der Waals surface area contributed by atoms with Crippen molar-refractivity contribution >= 4 is 20.7 Å². The van der Waals surface area contributed by atoms with Crippen LogP contribution in [-0.2, 0) is 0 Å². The molecule has 0 N–H and O–H groups in total. The maximum atomic E-state index is 5.84. The van der Waals surface area contributed by atoms with E-state index in [2.05, 4.69) is 24.3 Å². The van der Waals surface area contributed by atoms with Crippen molar-refractivity contribution in [1.82, 2.24) is 19.4 Å². The molecule has 21 heavy (non-hydrogen) atoms. The Morgan fingerprint density at radius 1 is 1.00 bits per heavy atom. The van der Waals surface area contributed by atoms with Crippen LogP contribution in [0.3, 0.4) is 0 Å². The van der Waals surface area contributed by atoms with Gasteiger partial charge in [0.1, 0.15) is 0 Å². The second kappa shape index (κ2) is 5.42. The molecule has 0 atom stereocenters. The summed E-state index contributed by atoms with van der Waals surface area (Å²) in [6, 6.07) is 10.6. The summed E-state index contributed by atoms with van der Waals surface area (Å²) in [7, 11) is 0. The first-order valence-corrected chi connectivity index (χ1v) is 8.51. The van der Waals surface area contributed by atoms with Gasteiger partial charge < -0.3 is 0 Å². The Morgan fingerprint density at radius 3 is 2.62 bits per heavy atom. The third-order valence-corrected chi connectivity index (χ3v) is 5.02. The van der Waals surface area contributed by atoms with Crippen molar-refractivity contribution in [2.45, 2.75) is 12.8 Å². The molecule has 0 radical (unpaired) electrons. The van der Waals surface area contributed by atoms with Gasteiger partial charge in [0.2, 0.25) is 0 Å². The minimum atomic E-state index is -0.0972. The Labute approximate surface area is 127 Å². The predicted octanol–water partition coefficient (Wildman–Crippen LogP) is 1.85. The van der Waals surface area contributed by atoms with E-state index in [0.29, 0.717) is 11.9 Å². The molecule has 6 nitrogen and oxygen atoms in total. The summed E-state index contributed by atoms with van der Waals surface area (Å²) in [4.78, 5) is 2.13. The van der Waals surface area contributed by atoms with E-state index in [1.807, 2.05) is 30.3 Å². The van der Waals surface area contributed by atoms with Gasteiger partial charge in [0.15, 0.2) is 0 Å². The van der Waals surface area contributed by atoms with E-state index in [0.717, 1.165) is 28.8 Å². The molecule has 0 bridgehead atoms. The monoisotopic (exact) mass is 347 g/mol. The van der Waals surface area contributed by atoms with Crippen LogP contribution >= 0.6 is 0 Å². The molecule has 1 fully saturated rings. The Morgan fingerprint density at radius 2 is 1.81 bits per heavy atom. The molecule has 0 saturated carbocycles. The van der Waals surface area contributed by atoms with E-state index >= 15 is 0 Å². The van der Waals surface area contributed by atoms with Crippen LogP contribution in [0.2, 0.25) is 0 Å². The normalized spacial score (nSPS) is 14.8. The quantitative estimate of drug-likeness (QED) is 0.675. The molecule has 1 aliphatic rings. The molecular formula is C14H13N5OSe. The first-order valence-electron chi connectivity index (χ1n) is 6.88. The van der Waals surface area contributed by atoms with Crippen molar-refractivity contribution < 1.29 is 4.42 Å². The molecular weight excluding hydrogens is 333 g/mol. The summed E-state index contributed by atoms with van der Waals surface area (Å²) in [6.45, 7) is 1.98. The average molecular weight is 346 g/mol. The van der Waals surface area contributed by atoms with Gasteiger partial charge in [0, 0.05) is 0 Å². The number of nitrogens with zero attached hydrogens (tertiary/aromatic N) is 5. The SMILES string of the molecule is c1ccc(-c2nn[se]c2-c2nnc(N3CCCC3)o2)cc1. The number of benzene rings is 1. The third-order valence-electron chi connectivity index (χ3n) is 3.52. The van der Waals surface area contributed by atoms with Crippen LogP contribution in [0.25, 0.3) is 21.6 Å². The van der Waals surface area contributed by atoms with Gasteiger partial charge in [-0.25, -0.2) is 0 Å². The van der Waals surface area contributed by atoms with Gasteiger partial charge in [-0.05, 0) is 0 Å². The summed E-state index contributed by atoms with van der Waals surface area (Å²) >= 11 is -0.0972. The Balaban J connectivity index is 1.70. The van der Waals surface area contributed by atoms with E-state index in [-0.39, 0.29) is 14.7 Å². The summed E-state index contributed by atoms with van der Waals surface area (Å²) in [5.74, 6) is 0.556. The number of hydrogen-bond donors (Lipinski definition) is 0. The molecule has 0 unspecified atom stereocenters. The van der Waals surface area contributed by atoms with Crippen molar-refractivity contribution in [2.75, 3.05) is 18.0 Å². The molecule has 0 spiro atoms. The summed E-state index contributed by atoms with van der Waals surface area (Å²) in [5.41, 5.74) is 1.89. The Hall–Kier alpha value is -1.98. The Kier molecular flexibility index (Phi) is 3.29. The van der Waals surface area contributed by atoms with Crippen molar-refractivity contribution in [1.29, 1.82) is 0 Å². The zero-order valence-electron chi connectivity index (χ0n) is 11.3. The number of anilines is 1. The van der Waals surface area contributed by atoms with Gasteiger partial charge in [-0.15, -0.1) is 0 Å². The van der Waals surface area contributed by atoms with E-state index in [1.165, 1.54) is 12.8 Å². The molecule has 3 heterocycles. The minimum absolute atomic E-state index is 0.0972. The molecule has 0 aliphatic carbocycles. The van der Waals surface area contributed by atoms with Crippen molar-refractivity contribution in [2.24, 2.45) is 0 Å². The van der Waals surface area contributed by atoms with Gasteiger partial charge in [-0.3, -0.25) is 0 Å². The predicted molar refractivity (Wildman–Crippen MR) is 79.1 cm³/mol. The molecule has 1 aromatic carbocycles. The number of rotatable bonds is 3. The molecule has 106 valence electrons. The molecule has 1 saturated heterocycles. The van der Waals surface area contributed by atoms with Crippen molar-refractivity contribution in [3.05, 3.63) is 30.3 Å². The first-order chi connectivity index (χ1) is 10.4. The zero-order chi connectivity index (χ0) is 14.1. The summed E-state index contributed by atoms with van der Waals surface area (Å²) in [6.07, 6.45) is 2.37. The van der Waals surface area contributed by atoms with Crippen LogP contribution < -0.4 is 4.90 Å². The molecule has 7 heteroatoms. The first kappa shape index (κ1) is 12.7. The van der Waals surface area contributed by atoms with Crippen molar-refractivity contribution in [3.8, 4) is 21.6 Å². The zero-order valence-corrected chi connectivity index (χ0v) is 13.0. The molecule has 4 rings (SSSR count). The molecule has 2 aromatic heterocycles. The van der Waals surface area contributed by atoms with Gasteiger partial charge in [0.25, 0.3) is 0 Å². The van der Waals surface area contributed by atoms with Crippen LogP contribution in [0, 0.1) is 0 Å². The average Bonchev–Trinajstić information content (AvgIpc) is 3.27. The fourth-order valence-corrected chi connectivity index (χ4v) is 3.74. The Bertz CT molecular complexity index is 733. The van der Waals surface area contributed by atoms with Crippen molar-refractivity contribution in [3.63, 3.8) is 0 Å². The second-order valence-electron chi connectivity index (χ2n) is 4.90. The molecule has 3 aromatic rings. The van der Waals surface area contributed by atoms with E-state index in [1.54, 1.807) is 0 Å². The van der Waals surface area contributed by atoms with Gasteiger partial charge in [-0.1, -0.05) is 0 Å². The summed E-state index contributed by atoms with van der Waals surface area (Å²) in [5, 5.41) is 12.6. The molecule has 0 amide bonds. The fraction of sp³-hybridized carbons (Fsp3) is 0.286. The van der Waals surface area contributed by atoms with Gasteiger partial charge >= 0.3 is 127 Å². The van der Waals surface area contributed by atoms with E-state index in [4.69, 9.17) is 4.42 Å². The van der Waals surface area contributed by atoms with Crippen LogP contribution in [0.15, 0.2) is 34.7 Å².